The molecule has 26 heavy (non-hydrogen) atoms. The van der Waals surface area contributed by atoms with Crippen LogP contribution in [0.4, 0.5) is 10.6 Å². The van der Waals surface area contributed by atoms with E-state index in [4.69, 9.17) is 4.74 Å². The maximum absolute atomic E-state index is 13.0. The van der Waals surface area contributed by atoms with Gasteiger partial charge in [0.2, 0.25) is 0 Å². The zero-order valence-electron chi connectivity index (χ0n) is 16.0. The number of amides is 1. The van der Waals surface area contributed by atoms with Gasteiger partial charge in [0, 0.05) is 19.2 Å². The third-order valence-electron chi connectivity index (χ3n) is 4.87. The minimum Gasteiger partial charge on any atom is -0.440 e. The second-order valence-electron chi connectivity index (χ2n) is 7.37. The number of hydrogen-bond acceptors (Lipinski definition) is 5. The van der Waals surface area contributed by atoms with Gasteiger partial charge in [0.1, 0.15) is 6.10 Å². The molecule has 1 aromatic heterocycles. The van der Waals surface area contributed by atoms with Gasteiger partial charge in [-0.2, -0.15) is 5.10 Å². The number of aromatic amines is 1. The molecule has 0 spiro atoms. The Labute approximate surface area is 154 Å². The highest BCUT2D eigenvalue weighted by atomic mass is 16.6. The Hall–Kier alpha value is -2.54. The lowest BCUT2D eigenvalue weighted by atomic mass is 10.0. The van der Waals surface area contributed by atoms with Gasteiger partial charge in [-0.3, -0.25) is 10.00 Å². The zero-order chi connectivity index (χ0) is 18.9. The fourth-order valence-corrected chi connectivity index (χ4v) is 3.41. The first kappa shape index (κ1) is 18.3. The largest absolute Gasteiger partial charge is 0.440 e. The molecule has 0 bridgehead atoms. The molecule has 2 N–H and O–H groups in total. The first-order chi connectivity index (χ1) is 12.3. The van der Waals surface area contributed by atoms with E-state index in [1.54, 1.807) is 4.90 Å². The molecule has 0 fully saturated rings. The van der Waals surface area contributed by atoms with Crippen LogP contribution in [0.3, 0.4) is 0 Å². The summed E-state index contributed by atoms with van der Waals surface area (Å²) < 4.78 is 5.93. The summed E-state index contributed by atoms with van der Waals surface area (Å²) in [5.41, 5.74) is 2.44. The van der Waals surface area contributed by atoms with E-state index < -0.39 is 5.54 Å². The smallest absolute Gasteiger partial charge is 0.411 e. The Kier molecular flexibility index (Phi) is 4.91. The summed E-state index contributed by atoms with van der Waals surface area (Å²) in [5, 5.41) is 10.4. The van der Waals surface area contributed by atoms with Crippen LogP contribution in [-0.2, 0) is 16.8 Å². The number of aromatic nitrogens is 2. The number of nitrogens with one attached hydrogen (secondary N) is 2. The summed E-state index contributed by atoms with van der Waals surface area (Å²) >= 11 is 0. The summed E-state index contributed by atoms with van der Waals surface area (Å²) in [5.74, 6) is 0.774. The van der Waals surface area contributed by atoms with Crippen molar-refractivity contribution in [1.29, 1.82) is 0 Å². The number of likely N-dealkylation sites (N-methyl/N-ethyl adjacent to an activating group) is 1. The number of benzene rings is 1. The second kappa shape index (κ2) is 6.99. The van der Waals surface area contributed by atoms with E-state index in [1.165, 1.54) is 0 Å². The molecule has 0 saturated heterocycles. The molecule has 3 rings (SSSR count). The van der Waals surface area contributed by atoms with Gasteiger partial charge < -0.3 is 15.0 Å². The van der Waals surface area contributed by atoms with Gasteiger partial charge in [0.05, 0.1) is 17.8 Å². The molecule has 1 atom stereocenters. The lowest BCUT2D eigenvalue weighted by Crippen LogP contribution is -2.42. The number of nitrogens with zero attached hydrogens (tertiary/aromatic N) is 3. The second-order valence-corrected chi connectivity index (χ2v) is 7.37. The van der Waals surface area contributed by atoms with Gasteiger partial charge in [0.15, 0.2) is 5.82 Å². The molecule has 140 valence electrons. The molecular formula is C19H27N5O2. The van der Waals surface area contributed by atoms with Gasteiger partial charge in [-0.1, -0.05) is 30.3 Å². The number of rotatable bonds is 5. The zero-order valence-corrected chi connectivity index (χ0v) is 16.0. The molecule has 1 aliphatic rings. The molecule has 2 aromatic rings. The highest BCUT2D eigenvalue weighted by molar-refractivity contribution is 5.72. The molecule has 7 nitrogen and oxygen atoms in total. The first-order valence-electron chi connectivity index (χ1n) is 8.78. The topological polar surface area (TPSA) is 73.5 Å². The Morgan fingerprint density at radius 3 is 2.69 bits per heavy atom. The Morgan fingerprint density at radius 2 is 2.08 bits per heavy atom. The van der Waals surface area contributed by atoms with Crippen LogP contribution in [0.15, 0.2) is 30.3 Å². The normalized spacial score (nSPS) is 16.5. The first-order valence-corrected chi connectivity index (χ1v) is 8.78. The van der Waals surface area contributed by atoms with Crippen molar-refractivity contribution < 1.29 is 9.53 Å². The number of fused-ring (bicyclic) bond motifs is 1. The SMILES string of the molecule is CNc1n[nH]c2c1CN(C(=O)OC(CN(C)C)c1ccccc1)C2(C)C. The predicted molar refractivity (Wildman–Crippen MR) is 101 cm³/mol. The average Bonchev–Trinajstić information content (AvgIpc) is 3.13. The van der Waals surface area contributed by atoms with Crippen LogP contribution in [0.5, 0.6) is 0 Å². The molecule has 1 unspecified atom stereocenters. The fraction of sp³-hybridized carbons (Fsp3) is 0.474. The quantitative estimate of drug-likeness (QED) is 0.861. The third-order valence-corrected chi connectivity index (χ3v) is 4.87. The van der Waals surface area contributed by atoms with Crippen molar-refractivity contribution in [3.05, 3.63) is 47.2 Å². The van der Waals surface area contributed by atoms with Crippen LogP contribution in [0.25, 0.3) is 0 Å². The number of carbonyl (C=O) groups is 1. The molecule has 1 aliphatic heterocycles. The van der Waals surface area contributed by atoms with Crippen molar-refractivity contribution in [2.24, 2.45) is 0 Å². The molecular weight excluding hydrogens is 330 g/mol. The fourth-order valence-electron chi connectivity index (χ4n) is 3.41. The molecule has 7 heteroatoms. The average molecular weight is 357 g/mol. The van der Waals surface area contributed by atoms with Crippen molar-refractivity contribution >= 4 is 11.9 Å². The number of anilines is 1. The van der Waals surface area contributed by atoms with E-state index in [1.807, 2.05) is 70.2 Å². The third kappa shape index (κ3) is 3.26. The highest BCUT2D eigenvalue weighted by Crippen LogP contribution is 2.41. The minimum absolute atomic E-state index is 0.322. The maximum atomic E-state index is 13.0. The van der Waals surface area contributed by atoms with Crippen LogP contribution in [-0.4, -0.2) is 53.8 Å². The van der Waals surface area contributed by atoms with Crippen molar-refractivity contribution in [2.45, 2.75) is 32.0 Å². The standard InChI is InChI=1S/C19H27N5O2/c1-19(2)16-14(17(20-3)22-21-16)11-24(19)18(25)26-15(12-23(4)5)13-9-7-6-8-10-13/h6-10,15H,11-12H2,1-5H3,(H2,20,21,22). The lowest BCUT2D eigenvalue weighted by molar-refractivity contribution is 0.0259. The highest BCUT2D eigenvalue weighted by Gasteiger charge is 2.45. The summed E-state index contributed by atoms with van der Waals surface area (Å²) in [6.45, 7) is 5.10. The predicted octanol–water partition coefficient (Wildman–Crippen LogP) is 2.94. The van der Waals surface area contributed by atoms with E-state index in [9.17, 15) is 4.79 Å². The number of H-pyrrole nitrogens is 1. The summed E-state index contributed by atoms with van der Waals surface area (Å²) in [6, 6.07) is 9.85. The van der Waals surface area contributed by atoms with Crippen molar-refractivity contribution in [1.82, 2.24) is 20.0 Å². The van der Waals surface area contributed by atoms with E-state index in [2.05, 4.69) is 15.5 Å². The van der Waals surface area contributed by atoms with Gasteiger partial charge in [-0.05, 0) is 33.5 Å². The van der Waals surface area contributed by atoms with E-state index in [-0.39, 0.29) is 12.2 Å². The van der Waals surface area contributed by atoms with Crippen LogP contribution in [0, 0.1) is 0 Å². The van der Waals surface area contributed by atoms with Gasteiger partial charge in [-0.15, -0.1) is 0 Å². The molecule has 0 saturated carbocycles. The van der Waals surface area contributed by atoms with Crippen LogP contribution < -0.4 is 5.32 Å². The Bertz CT molecular complexity index is 769. The Balaban J connectivity index is 1.81. The maximum Gasteiger partial charge on any atom is 0.411 e. The number of carbonyl (C=O) groups excluding carboxylic acids is 1. The van der Waals surface area contributed by atoms with Gasteiger partial charge >= 0.3 is 6.09 Å². The van der Waals surface area contributed by atoms with Crippen molar-refractivity contribution in [3.8, 4) is 0 Å². The van der Waals surface area contributed by atoms with Crippen LogP contribution in [0.2, 0.25) is 0 Å². The Morgan fingerprint density at radius 1 is 1.38 bits per heavy atom. The van der Waals surface area contributed by atoms with Crippen LogP contribution in [0.1, 0.15) is 36.8 Å². The van der Waals surface area contributed by atoms with Gasteiger partial charge in [-0.25, -0.2) is 4.79 Å². The molecule has 2 heterocycles. The molecule has 1 amide bonds. The summed E-state index contributed by atoms with van der Waals surface area (Å²) in [6.07, 6.45) is -0.646. The molecule has 1 aromatic carbocycles. The van der Waals surface area contributed by atoms with Crippen LogP contribution >= 0.6 is 0 Å². The van der Waals surface area contributed by atoms with E-state index in [0.717, 1.165) is 22.6 Å². The molecule has 0 aliphatic carbocycles. The minimum atomic E-state index is -0.506. The van der Waals surface area contributed by atoms with E-state index >= 15 is 0 Å². The lowest BCUT2D eigenvalue weighted by Gasteiger charge is -2.33. The van der Waals surface area contributed by atoms with Crippen molar-refractivity contribution in [3.63, 3.8) is 0 Å². The number of hydrogen-bond donors (Lipinski definition) is 2. The summed E-state index contributed by atoms with van der Waals surface area (Å²) in [7, 11) is 5.77. The summed E-state index contributed by atoms with van der Waals surface area (Å²) in [4.78, 5) is 16.8. The van der Waals surface area contributed by atoms with E-state index in [0.29, 0.717) is 13.1 Å². The van der Waals surface area contributed by atoms with Crippen molar-refractivity contribution in [2.75, 3.05) is 33.0 Å². The monoisotopic (exact) mass is 357 g/mol. The van der Waals surface area contributed by atoms with Gasteiger partial charge in [0.25, 0.3) is 0 Å². The molecule has 0 radical (unpaired) electrons. The number of ether oxygens (including phenoxy) is 1.